The number of carboxylic acid groups (broad SMARTS) is 1. The summed E-state index contributed by atoms with van der Waals surface area (Å²) in [4.78, 5) is 23.3. The van der Waals surface area contributed by atoms with Gasteiger partial charge in [0, 0.05) is 13.7 Å². The van der Waals surface area contributed by atoms with Gasteiger partial charge in [-0.15, -0.1) is 0 Å². The average Bonchev–Trinajstić information content (AvgIpc) is 2.43. The van der Waals surface area contributed by atoms with Crippen molar-refractivity contribution < 1.29 is 19.1 Å². The maximum absolute atomic E-state index is 12.1. The third-order valence-electron chi connectivity index (χ3n) is 4.23. The molecular weight excluding hydrogens is 274 g/mol. The maximum atomic E-state index is 12.1. The van der Waals surface area contributed by atoms with Crippen molar-refractivity contribution in [1.29, 1.82) is 0 Å². The maximum Gasteiger partial charge on any atom is 0.307 e. The van der Waals surface area contributed by atoms with Crippen LogP contribution >= 0.6 is 0 Å². The molecule has 0 aromatic carbocycles. The van der Waals surface area contributed by atoms with Gasteiger partial charge in [-0.2, -0.15) is 0 Å². The highest BCUT2D eigenvalue weighted by molar-refractivity contribution is 6.71. The SMILES string of the molecule is CO[Si](C)(C)CCCNC(=O)C1CCCCC1C(=O)O. The molecule has 0 saturated heterocycles. The molecule has 0 bridgehead atoms. The van der Waals surface area contributed by atoms with Crippen LogP contribution in [-0.4, -0.2) is 39.0 Å². The number of amides is 1. The zero-order valence-corrected chi connectivity index (χ0v) is 13.8. The van der Waals surface area contributed by atoms with Gasteiger partial charge in [-0.1, -0.05) is 12.8 Å². The second-order valence-corrected chi connectivity index (χ2v) is 10.6. The van der Waals surface area contributed by atoms with Crippen LogP contribution in [0.1, 0.15) is 32.1 Å². The Morgan fingerprint density at radius 3 is 2.40 bits per heavy atom. The fourth-order valence-electron chi connectivity index (χ4n) is 2.70. The molecule has 1 aliphatic carbocycles. The van der Waals surface area contributed by atoms with Gasteiger partial charge in [0.15, 0.2) is 8.32 Å². The van der Waals surface area contributed by atoms with Crippen molar-refractivity contribution in [3.8, 4) is 0 Å². The van der Waals surface area contributed by atoms with Gasteiger partial charge in [0.05, 0.1) is 11.8 Å². The minimum atomic E-state index is -1.57. The van der Waals surface area contributed by atoms with E-state index in [1.165, 1.54) is 0 Å². The Morgan fingerprint density at radius 2 is 1.85 bits per heavy atom. The van der Waals surface area contributed by atoms with E-state index in [0.717, 1.165) is 25.3 Å². The number of hydrogen-bond donors (Lipinski definition) is 2. The molecule has 0 aromatic heterocycles. The molecule has 1 aliphatic rings. The molecule has 1 rings (SSSR count). The molecule has 2 atom stereocenters. The van der Waals surface area contributed by atoms with E-state index in [-0.39, 0.29) is 11.8 Å². The smallest absolute Gasteiger partial charge is 0.307 e. The first-order valence-electron chi connectivity index (χ1n) is 7.43. The molecule has 116 valence electrons. The lowest BCUT2D eigenvalue weighted by Crippen LogP contribution is -2.40. The van der Waals surface area contributed by atoms with Crippen LogP contribution in [0.2, 0.25) is 19.1 Å². The van der Waals surface area contributed by atoms with Crippen molar-refractivity contribution in [1.82, 2.24) is 5.32 Å². The van der Waals surface area contributed by atoms with Gasteiger partial charge >= 0.3 is 5.97 Å². The minimum Gasteiger partial charge on any atom is -0.481 e. The molecule has 2 unspecified atom stereocenters. The highest BCUT2D eigenvalue weighted by Crippen LogP contribution is 2.30. The van der Waals surface area contributed by atoms with Crippen molar-refractivity contribution in [2.24, 2.45) is 11.8 Å². The normalized spacial score (nSPS) is 23.4. The van der Waals surface area contributed by atoms with Crippen LogP contribution in [0.5, 0.6) is 0 Å². The summed E-state index contributed by atoms with van der Waals surface area (Å²) >= 11 is 0. The van der Waals surface area contributed by atoms with Crippen LogP contribution in [0.25, 0.3) is 0 Å². The standard InChI is InChI=1S/C14H27NO4Si/c1-19-20(2,3)10-6-9-15-13(16)11-7-4-5-8-12(11)14(17)18/h11-12H,4-10H2,1-3H3,(H,15,16)(H,17,18). The number of carbonyl (C=O) groups excluding carboxylic acids is 1. The summed E-state index contributed by atoms with van der Waals surface area (Å²) in [5, 5.41) is 12.1. The zero-order valence-electron chi connectivity index (χ0n) is 12.8. The predicted octanol–water partition coefficient (Wildman–Crippen LogP) is 2.24. The molecule has 0 radical (unpaired) electrons. The molecule has 2 N–H and O–H groups in total. The van der Waals surface area contributed by atoms with Gasteiger partial charge < -0.3 is 14.8 Å². The average molecular weight is 301 g/mol. The van der Waals surface area contributed by atoms with E-state index >= 15 is 0 Å². The molecule has 0 aliphatic heterocycles. The fourth-order valence-corrected chi connectivity index (χ4v) is 3.93. The Kier molecular flexibility index (Phi) is 6.68. The fraction of sp³-hybridized carbons (Fsp3) is 0.857. The third kappa shape index (κ3) is 5.24. The summed E-state index contributed by atoms with van der Waals surface area (Å²) in [6.07, 6.45) is 4.07. The molecule has 0 spiro atoms. The summed E-state index contributed by atoms with van der Waals surface area (Å²) in [7, 11) is 0.175. The summed E-state index contributed by atoms with van der Waals surface area (Å²) in [5.41, 5.74) is 0. The van der Waals surface area contributed by atoms with E-state index in [1.807, 2.05) is 0 Å². The second-order valence-electron chi connectivity index (χ2n) is 6.19. The first kappa shape index (κ1) is 17.2. The van der Waals surface area contributed by atoms with E-state index in [2.05, 4.69) is 18.4 Å². The third-order valence-corrected chi connectivity index (χ3v) is 6.89. The molecule has 6 heteroatoms. The molecule has 5 nitrogen and oxygen atoms in total. The molecule has 1 saturated carbocycles. The Balaban J connectivity index is 2.36. The first-order chi connectivity index (χ1) is 9.37. The quantitative estimate of drug-likeness (QED) is 0.558. The van der Waals surface area contributed by atoms with E-state index < -0.39 is 20.2 Å². The van der Waals surface area contributed by atoms with Crippen molar-refractivity contribution in [2.45, 2.75) is 51.2 Å². The molecule has 0 aromatic rings. The van der Waals surface area contributed by atoms with Gasteiger partial charge in [0.1, 0.15) is 0 Å². The zero-order chi connectivity index (χ0) is 15.2. The van der Waals surface area contributed by atoms with Crippen LogP contribution in [0.4, 0.5) is 0 Å². The van der Waals surface area contributed by atoms with Gasteiger partial charge in [0.2, 0.25) is 5.91 Å². The highest BCUT2D eigenvalue weighted by atomic mass is 28.4. The lowest BCUT2D eigenvalue weighted by atomic mass is 9.79. The predicted molar refractivity (Wildman–Crippen MR) is 80.0 cm³/mol. The number of aliphatic carboxylic acids is 1. The van der Waals surface area contributed by atoms with Gasteiger partial charge in [-0.25, -0.2) is 0 Å². The van der Waals surface area contributed by atoms with Crippen LogP contribution < -0.4 is 5.32 Å². The topological polar surface area (TPSA) is 75.6 Å². The number of carbonyl (C=O) groups is 2. The first-order valence-corrected chi connectivity index (χ1v) is 10.5. The number of carboxylic acids is 1. The minimum absolute atomic E-state index is 0.0889. The summed E-state index contributed by atoms with van der Waals surface area (Å²) in [6, 6.07) is 0.997. The van der Waals surface area contributed by atoms with Crippen LogP contribution in [0, 0.1) is 11.8 Å². The number of hydrogen-bond acceptors (Lipinski definition) is 3. The Labute approximate surface area is 122 Å². The summed E-state index contributed by atoms with van der Waals surface area (Å²) in [5.74, 6) is -1.78. The number of rotatable bonds is 7. The van der Waals surface area contributed by atoms with Gasteiger partial charge in [-0.3, -0.25) is 9.59 Å². The molecule has 1 amide bonds. The molecule has 0 heterocycles. The van der Waals surface area contributed by atoms with Crippen molar-refractivity contribution in [3.05, 3.63) is 0 Å². The van der Waals surface area contributed by atoms with Gasteiger partial charge in [0.25, 0.3) is 0 Å². The van der Waals surface area contributed by atoms with Crippen LogP contribution in [0.15, 0.2) is 0 Å². The Hall–Kier alpha value is -0.883. The summed E-state index contributed by atoms with van der Waals surface area (Å²) in [6.45, 7) is 4.91. The Bertz CT molecular complexity index is 346. The number of nitrogens with one attached hydrogen (secondary N) is 1. The van der Waals surface area contributed by atoms with Crippen LogP contribution in [0.3, 0.4) is 0 Å². The van der Waals surface area contributed by atoms with E-state index in [9.17, 15) is 14.7 Å². The lowest BCUT2D eigenvalue weighted by Gasteiger charge is -2.27. The van der Waals surface area contributed by atoms with Gasteiger partial charge in [-0.05, 0) is 38.4 Å². The van der Waals surface area contributed by atoms with E-state index in [1.54, 1.807) is 7.11 Å². The monoisotopic (exact) mass is 301 g/mol. The second kappa shape index (κ2) is 7.78. The molecule has 1 fully saturated rings. The summed E-state index contributed by atoms with van der Waals surface area (Å²) < 4.78 is 5.46. The largest absolute Gasteiger partial charge is 0.481 e. The Morgan fingerprint density at radius 1 is 1.25 bits per heavy atom. The van der Waals surface area contributed by atoms with Crippen molar-refractivity contribution in [2.75, 3.05) is 13.7 Å². The lowest BCUT2D eigenvalue weighted by molar-refractivity contribution is -0.148. The molecular formula is C14H27NO4Si. The van der Waals surface area contributed by atoms with E-state index in [4.69, 9.17) is 4.43 Å². The molecule has 20 heavy (non-hydrogen) atoms. The van der Waals surface area contributed by atoms with Crippen molar-refractivity contribution in [3.63, 3.8) is 0 Å². The van der Waals surface area contributed by atoms with E-state index in [0.29, 0.717) is 19.4 Å². The highest BCUT2D eigenvalue weighted by Gasteiger charge is 2.35. The van der Waals surface area contributed by atoms with Crippen LogP contribution in [-0.2, 0) is 14.0 Å². The van der Waals surface area contributed by atoms with Crippen molar-refractivity contribution >= 4 is 20.2 Å².